The minimum Gasteiger partial charge on any atom is -0.497 e. The van der Waals surface area contributed by atoms with Crippen LogP contribution in [-0.4, -0.2) is 37.4 Å². The van der Waals surface area contributed by atoms with Gasteiger partial charge in [0.05, 0.1) is 19.9 Å². The van der Waals surface area contributed by atoms with Crippen molar-refractivity contribution in [1.82, 2.24) is 4.90 Å². The Balaban J connectivity index is 1.76. The van der Waals surface area contributed by atoms with Crippen LogP contribution in [0.2, 0.25) is 0 Å². The Hall–Kier alpha value is -2.34. The lowest BCUT2D eigenvalue weighted by atomic mass is 10.0. The number of methoxy groups -OCH3 is 2. The molecule has 1 atom stereocenters. The first-order chi connectivity index (χ1) is 13.0. The molecule has 0 aliphatic carbocycles. The van der Waals surface area contributed by atoms with Gasteiger partial charge in [0, 0.05) is 18.4 Å². The number of nitrogens with zero attached hydrogens (tertiary/aromatic N) is 1. The van der Waals surface area contributed by atoms with Gasteiger partial charge in [0.2, 0.25) is 0 Å². The van der Waals surface area contributed by atoms with Crippen LogP contribution in [0.25, 0.3) is 0 Å². The molecule has 0 saturated carbocycles. The number of hydrogen-bond donors (Lipinski definition) is 1. The molecule has 6 heteroatoms. The van der Waals surface area contributed by atoms with E-state index in [0.29, 0.717) is 29.6 Å². The van der Waals surface area contributed by atoms with E-state index in [9.17, 15) is 4.79 Å². The average Bonchev–Trinajstić information content (AvgIpc) is 3.18. The molecule has 144 valence electrons. The third-order valence-corrected chi connectivity index (χ3v) is 5.95. The molecule has 2 amide bonds. The van der Waals surface area contributed by atoms with Crippen LogP contribution in [0.15, 0.2) is 42.5 Å². The third-order valence-electron chi connectivity index (χ3n) is 4.69. The number of ether oxygens (including phenoxy) is 2. The van der Waals surface area contributed by atoms with Crippen molar-refractivity contribution in [2.24, 2.45) is 0 Å². The smallest absolute Gasteiger partial charge is 0.323 e. The molecule has 2 aromatic rings. The highest BCUT2D eigenvalue weighted by Crippen LogP contribution is 2.39. The first-order valence-electron chi connectivity index (χ1n) is 9.04. The number of hydrogen-bond acceptors (Lipinski definition) is 4. The Morgan fingerprint density at radius 1 is 1.15 bits per heavy atom. The second-order valence-electron chi connectivity index (χ2n) is 6.73. The molecular formula is C21H26N2O3S. The summed E-state index contributed by atoms with van der Waals surface area (Å²) in [5.41, 5.74) is 3.09. The van der Waals surface area contributed by atoms with Gasteiger partial charge in [0.15, 0.2) is 0 Å². The molecule has 1 aliphatic rings. The van der Waals surface area contributed by atoms with Gasteiger partial charge in [-0.2, -0.15) is 0 Å². The summed E-state index contributed by atoms with van der Waals surface area (Å²) < 4.78 is 10.6. The molecule has 1 fully saturated rings. The molecule has 5 nitrogen and oxygen atoms in total. The van der Waals surface area contributed by atoms with Crippen LogP contribution in [0, 0.1) is 0 Å². The molecule has 0 bridgehead atoms. The Morgan fingerprint density at radius 3 is 2.52 bits per heavy atom. The van der Waals surface area contributed by atoms with Crippen LogP contribution in [0.1, 0.15) is 36.3 Å². The fourth-order valence-corrected chi connectivity index (χ4v) is 4.34. The number of thioether (sulfide) groups is 1. The number of anilines is 1. The van der Waals surface area contributed by atoms with Crippen LogP contribution in [0.4, 0.5) is 10.5 Å². The summed E-state index contributed by atoms with van der Waals surface area (Å²) in [7, 11) is 3.18. The number of carbonyl (C=O) groups is 1. The molecule has 1 N–H and O–H groups in total. The predicted octanol–water partition coefficient (Wildman–Crippen LogP) is 5.11. The van der Waals surface area contributed by atoms with E-state index >= 15 is 0 Å². The molecule has 1 unspecified atom stereocenters. The van der Waals surface area contributed by atoms with E-state index in [0.717, 1.165) is 11.3 Å². The van der Waals surface area contributed by atoms with Crippen LogP contribution in [0.3, 0.4) is 0 Å². The molecule has 27 heavy (non-hydrogen) atoms. The quantitative estimate of drug-likeness (QED) is 0.776. The molecule has 0 spiro atoms. The average molecular weight is 387 g/mol. The van der Waals surface area contributed by atoms with Crippen molar-refractivity contribution in [2.75, 3.05) is 31.8 Å². The van der Waals surface area contributed by atoms with Gasteiger partial charge in [0.1, 0.15) is 16.9 Å². The molecule has 3 rings (SSSR count). The molecule has 1 heterocycles. The van der Waals surface area contributed by atoms with Crippen molar-refractivity contribution >= 4 is 23.5 Å². The van der Waals surface area contributed by atoms with Crippen molar-refractivity contribution in [3.8, 4) is 11.5 Å². The summed E-state index contributed by atoms with van der Waals surface area (Å²) in [6.07, 6.45) is 0. The van der Waals surface area contributed by atoms with E-state index in [1.54, 1.807) is 44.2 Å². The fraction of sp³-hybridized carbons (Fsp3) is 0.381. The Morgan fingerprint density at radius 2 is 1.89 bits per heavy atom. The molecule has 0 aromatic heterocycles. The van der Waals surface area contributed by atoms with Crippen LogP contribution in [-0.2, 0) is 0 Å². The largest absolute Gasteiger partial charge is 0.497 e. The normalized spacial score (nSPS) is 16.5. The fourth-order valence-electron chi connectivity index (χ4n) is 3.09. The molecular weight excluding hydrogens is 360 g/mol. The number of amides is 2. The van der Waals surface area contributed by atoms with E-state index < -0.39 is 0 Å². The van der Waals surface area contributed by atoms with Gasteiger partial charge >= 0.3 is 6.03 Å². The maximum absolute atomic E-state index is 12.9. The summed E-state index contributed by atoms with van der Waals surface area (Å²) in [5.74, 6) is 2.68. The zero-order valence-corrected chi connectivity index (χ0v) is 17.0. The predicted molar refractivity (Wildman–Crippen MR) is 111 cm³/mol. The maximum atomic E-state index is 12.9. The van der Waals surface area contributed by atoms with E-state index in [1.165, 1.54) is 5.56 Å². The van der Waals surface area contributed by atoms with Gasteiger partial charge in [-0.3, -0.25) is 0 Å². The van der Waals surface area contributed by atoms with Gasteiger partial charge in [-0.15, -0.1) is 11.8 Å². The van der Waals surface area contributed by atoms with Gasteiger partial charge in [0.25, 0.3) is 0 Å². The molecule has 0 radical (unpaired) electrons. The Labute approximate surface area is 165 Å². The highest BCUT2D eigenvalue weighted by Gasteiger charge is 2.31. The number of carbonyl (C=O) groups excluding carboxylic acids is 1. The summed E-state index contributed by atoms with van der Waals surface area (Å²) in [6.45, 7) is 5.08. The molecule has 1 aliphatic heterocycles. The lowest BCUT2D eigenvalue weighted by Gasteiger charge is -2.25. The van der Waals surface area contributed by atoms with Crippen LogP contribution in [0.5, 0.6) is 11.5 Å². The first-order valence-corrected chi connectivity index (χ1v) is 10.1. The van der Waals surface area contributed by atoms with Crippen molar-refractivity contribution in [2.45, 2.75) is 25.1 Å². The van der Waals surface area contributed by atoms with Gasteiger partial charge in [-0.25, -0.2) is 4.79 Å². The lowest BCUT2D eigenvalue weighted by molar-refractivity contribution is 0.214. The zero-order chi connectivity index (χ0) is 19.4. The first kappa shape index (κ1) is 19.4. The maximum Gasteiger partial charge on any atom is 0.323 e. The second kappa shape index (κ2) is 8.57. The van der Waals surface area contributed by atoms with Crippen molar-refractivity contribution in [1.29, 1.82) is 0 Å². The van der Waals surface area contributed by atoms with Crippen LogP contribution >= 0.6 is 11.8 Å². The van der Waals surface area contributed by atoms with E-state index in [-0.39, 0.29) is 11.4 Å². The summed E-state index contributed by atoms with van der Waals surface area (Å²) in [6, 6.07) is 13.8. The summed E-state index contributed by atoms with van der Waals surface area (Å²) in [5, 5.41) is 3.00. The SMILES string of the molecule is COc1ccc(NC(=O)N2CCSC2c2ccc(C(C)C)cc2)c(OC)c1. The van der Waals surface area contributed by atoms with Crippen molar-refractivity contribution in [3.63, 3.8) is 0 Å². The van der Waals surface area contributed by atoms with Crippen LogP contribution < -0.4 is 14.8 Å². The van der Waals surface area contributed by atoms with E-state index in [1.807, 2.05) is 4.90 Å². The summed E-state index contributed by atoms with van der Waals surface area (Å²) >= 11 is 1.79. The van der Waals surface area contributed by atoms with Crippen molar-refractivity contribution < 1.29 is 14.3 Å². The third kappa shape index (κ3) is 4.33. The number of benzene rings is 2. The highest BCUT2D eigenvalue weighted by atomic mass is 32.2. The number of urea groups is 1. The minimum absolute atomic E-state index is 0.0236. The Kier molecular flexibility index (Phi) is 6.16. The van der Waals surface area contributed by atoms with Gasteiger partial charge in [-0.1, -0.05) is 38.1 Å². The Bertz CT molecular complexity index is 793. The van der Waals surface area contributed by atoms with E-state index in [4.69, 9.17) is 9.47 Å². The number of nitrogens with one attached hydrogen (secondary N) is 1. The summed E-state index contributed by atoms with van der Waals surface area (Å²) in [4.78, 5) is 14.8. The van der Waals surface area contributed by atoms with Gasteiger partial charge < -0.3 is 19.7 Å². The standard InChI is InChI=1S/C21H26N2O3S/c1-14(2)15-5-7-16(8-6-15)20-23(11-12-27-20)21(24)22-18-10-9-17(25-3)13-19(18)26-4/h5-10,13-14,20H,11-12H2,1-4H3,(H,22,24). The molecule has 1 saturated heterocycles. The van der Waals surface area contributed by atoms with Gasteiger partial charge in [-0.05, 0) is 29.2 Å². The lowest BCUT2D eigenvalue weighted by Crippen LogP contribution is -2.34. The number of rotatable bonds is 5. The second-order valence-corrected chi connectivity index (χ2v) is 7.92. The highest BCUT2D eigenvalue weighted by molar-refractivity contribution is 7.99. The van der Waals surface area contributed by atoms with Crippen molar-refractivity contribution in [3.05, 3.63) is 53.6 Å². The monoisotopic (exact) mass is 386 g/mol. The molecule has 2 aromatic carbocycles. The van der Waals surface area contributed by atoms with E-state index in [2.05, 4.69) is 43.4 Å². The zero-order valence-electron chi connectivity index (χ0n) is 16.2. The topological polar surface area (TPSA) is 50.8 Å². The minimum atomic E-state index is -0.124.